The Kier molecular flexibility index (Phi) is 9.84. The molecule has 2 saturated carbocycles. The van der Waals surface area contributed by atoms with Crippen molar-refractivity contribution in [3.63, 3.8) is 0 Å². The van der Waals surface area contributed by atoms with Gasteiger partial charge < -0.3 is 40.4 Å². The molecule has 0 radical (unpaired) electrons. The number of benzene rings is 2. The first-order valence-corrected chi connectivity index (χ1v) is 18.0. The lowest BCUT2D eigenvalue weighted by atomic mass is 9.84. The topological polar surface area (TPSA) is 167 Å². The van der Waals surface area contributed by atoms with E-state index in [1.54, 1.807) is 10.9 Å². The zero-order valence-corrected chi connectivity index (χ0v) is 29.4. The van der Waals surface area contributed by atoms with Crippen molar-refractivity contribution < 1.29 is 24.5 Å². The monoisotopic (exact) mass is 696 g/mol. The normalized spacial score (nSPS) is 23.7. The van der Waals surface area contributed by atoms with Crippen molar-refractivity contribution in [3.8, 4) is 0 Å². The largest absolute Gasteiger partial charge is 0.444 e. The fourth-order valence-corrected chi connectivity index (χ4v) is 7.34. The summed E-state index contributed by atoms with van der Waals surface area (Å²) in [5.41, 5.74) is 2.74. The maximum absolute atomic E-state index is 12.8. The number of carbonyl (C=O) groups excluding carboxylic acids is 2. The number of nitrogens with zero attached hydrogens (tertiary/aromatic N) is 5. The van der Waals surface area contributed by atoms with E-state index in [2.05, 4.69) is 40.2 Å². The summed E-state index contributed by atoms with van der Waals surface area (Å²) in [4.78, 5) is 42.1. The second kappa shape index (κ2) is 14.5. The third kappa shape index (κ3) is 7.64. The second-order valence-electron chi connectivity index (χ2n) is 15.1. The van der Waals surface area contributed by atoms with Gasteiger partial charge in [0.15, 0.2) is 17.0 Å². The van der Waals surface area contributed by atoms with Crippen LogP contribution in [-0.2, 0) is 9.53 Å². The average Bonchev–Trinajstić information content (AvgIpc) is 3.79. The van der Waals surface area contributed by atoms with Gasteiger partial charge in [-0.3, -0.25) is 4.79 Å². The summed E-state index contributed by atoms with van der Waals surface area (Å²) < 4.78 is 7.29. The van der Waals surface area contributed by atoms with Crippen LogP contribution in [-0.4, -0.2) is 91.3 Å². The number of carbonyl (C=O) groups is 2. The third-order valence-corrected chi connectivity index (χ3v) is 10.3. The lowest BCUT2D eigenvalue weighted by molar-refractivity contribution is -0.129. The molecule has 5 N–H and O–H groups in total. The Balaban J connectivity index is 1.19. The summed E-state index contributed by atoms with van der Waals surface area (Å²) in [5.74, 6) is 0.913. The molecular formula is C38H48N8O5. The molecule has 0 unspecified atom stereocenters. The summed E-state index contributed by atoms with van der Waals surface area (Å²) in [7, 11) is 0. The van der Waals surface area contributed by atoms with Gasteiger partial charge in [0, 0.05) is 31.5 Å². The van der Waals surface area contributed by atoms with Gasteiger partial charge in [-0.15, -0.1) is 0 Å². The van der Waals surface area contributed by atoms with Gasteiger partial charge >= 0.3 is 6.09 Å². The Morgan fingerprint density at radius 3 is 2.25 bits per heavy atom. The van der Waals surface area contributed by atoms with Crippen molar-refractivity contribution >= 4 is 34.9 Å². The van der Waals surface area contributed by atoms with E-state index in [0.717, 1.165) is 30.4 Å². The number of hydrogen-bond acceptors (Lipinski definition) is 10. The van der Waals surface area contributed by atoms with Crippen LogP contribution >= 0.6 is 0 Å². The summed E-state index contributed by atoms with van der Waals surface area (Å²) in [6, 6.07) is 19.3. The summed E-state index contributed by atoms with van der Waals surface area (Å²) in [6.07, 6.45) is 2.63. The second-order valence-corrected chi connectivity index (χ2v) is 15.1. The van der Waals surface area contributed by atoms with Crippen molar-refractivity contribution in [1.29, 1.82) is 0 Å². The minimum absolute atomic E-state index is 0.0176. The van der Waals surface area contributed by atoms with Gasteiger partial charge in [-0.1, -0.05) is 67.1 Å². The minimum Gasteiger partial charge on any atom is -0.444 e. The highest BCUT2D eigenvalue weighted by Gasteiger charge is 2.45. The molecule has 2 aromatic carbocycles. The highest BCUT2D eigenvalue weighted by atomic mass is 16.6. The Morgan fingerprint density at radius 1 is 0.941 bits per heavy atom. The van der Waals surface area contributed by atoms with Gasteiger partial charge in [-0.25, -0.2) is 9.78 Å². The fourth-order valence-electron chi connectivity index (χ4n) is 7.34. The molecule has 3 heterocycles. The van der Waals surface area contributed by atoms with Crippen LogP contribution in [0.25, 0.3) is 11.2 Å². The predicted octanol–water partition coefficient (Wildman–Crippen LogP) is 4.13. The van der Waals surface area contributed by atoms with E-state index in [4.69, 9.17) is 19.7 Å². The number of imidazole rings is 1. The standard InChI is InChI=1S/C38H48N8O5/c1-38(2,3)51-37(50)41-26-17-18-45(21-26)36-43-33(39-20-27(23-11-6-4-7-12-23)24-13-8-5-9-14-24)30-34(44-36)46(22-40-30)29-19-28(31(47)32(29)48)42-35(49)25-15-10-16-25/h4-9,11-14,22,25-29,31-32,47-48H,10,15-21H2,1-3H3,(H,41,50)(H,42,49)(H,39,43,44)/t26-,28+,29-,31-,32+/m1/s1. The molecular weight excluding hydrogens is 648 g/mol. The van der Waals surface area contributed by atoms with E-state index < -0.39 is 36.0 Å². The van der Waals surface area contributed by atoms with Crippen LogP contribution in [0.3, 0.4) is 0 Å². The zero-order chi connectivity index (χ0) is 35.7. The van der Waals surface area contributed by atoms with Gasteiger partial charge in [0.05, 0.1) is 24.5 Å². The first kappa shape index (κ1) is 34.7. The van der Waals surface area contributed by atoms with Crippen molar-refractivity contribution in [2.24, 2.45) is 5.92 Å². The maximum atomic E-state index is 12.8. The molecule has 0 bridgehead atoms. The summed E-state index contributed by atoms with van der Waals surface area (Å²) >= 11 is 0. The number of aliphatic hydroxyl groups excluding tert-OH is 2. The van der Waals surface area contributed by atoms with Crippen molar-refractivity contribution in [1.82, 2.24) is 30.2 Å². The quantitative estimate of drug-likeness (QED) is 0.163. The Bertz CT molecular complexity index is 1790. The van der Waals surface area contributed by atoms with Crippen LogP contribution in [0.1, 0.15) is 76.0 Å². The molecule has 1 saturated heterocycles. The molecule has 0 spiro atoms. The molecule has 5 atom stereocenters. The number of aliphatic hydroxyl groups is 2. The number of rotatable bonds is 10. The van der Waals surface area contributed by atoms with E-state index in [-0.39, 0.29) is 23.8 Å². The number of nitrogens with one attached hydrogen (secondary N) is 3. The summed E-state index contributed by atoms with van der Waals surface area (Å²) in [5, 5.41) is 31.9. The number of amides is 2. The lowest BCUT2D eigenvalue weighted by Crippen LogP contribution is -2.46. The molecule has 3 fully saturated rings. The Labute approximate surface area is 297 Å². The number of anilines is 2. The van der Waals surface area contributed by atoms with Gasteiger partial charge in [-0.2, -0.15) is 9.97 Å². The van der Waals surface area contributed by atoms with Crippen LogP contribution in [0.5, 0.6) is 0 Å². The molecule has 13 heteroatoms. The van der Waals surface area contributed by atoms with E-state index in [1.165, 1.54) is 0 Å². The molecule has 2 aliphatic carbocycles. The SMILES string of the molecule is CC(C)(C)OC(=O)N[C@@H]1CCN(c2nc(NCC(c3ccccc3)c3ccccc3)c3ncn([C@@H]4C[C@H](NC(=O)C5CCC5)[C@@H](O)[C@H]4O)c3n2)C1. The first-order chi connectivity index (χ1) is 24.5. The molecule has 4 aromatic rings. The highest BCUT2D eigenvalue weighted by molar-refractivity contribution is 5.85. The maximum Gasteiger partial charge on any atom is 0.407 e. The molecule has 3 aliphatic rings. The zero-order valence-electron chi connectivity index (χ0n) is 29.4. The average molecular weight is 697 g/mol. The fraction of sp³-hybridized carbons (Fsp3) is 0.500. The van der Waals surface area contributed by atoms with Crippen molar-refractivity contribution in [2.75, 3.05) is 29.9 Å². The van der Waals surface area contributed by atoms with Gasteiger partial charge in [-0.05, 0) is 57.6 Å². The van der Waals surface area contributed by atoms with Crippen LogP contribution < -0.4 is 20.9 Å². The van der Waals surface area contributed by atoms with E-state index in [1.807, 2.05) is 62.1 Å². The smallest absolute Gasteiger partial charge is 0.407 e. The summed E-state index contributed by atoms with van der Waals surface area (Å²) in [6.45, 7) is 7.11. The molecule has 2 amide bonds. The predicted molar refractivity (Wildman–Crippen MR) is 193 cm³/mol. The van der Waals surface area contributed by atoms with Crippen molar-refractivity contribution in [2.45, 2.75) is 94.7 Å². The molecule has 2 aromatic heterocycles. The van der Waals surface area contributed by atoms with Crippen molar-refractivity contribution in [3.05, 3.63) is 78.1 Å². The molecule has 51 heavy (non-hydrogen) atoms. The number of aromatic nitrogens is 4. The van der Waals surface area contributed by atoms with Gasteiger partial charge in [0.2, 0.25) is 11.9 Å². The number of ether oxygens (including phenoxy) is 1. The minimum atomic E-state index is -1.14. The molecule has 270 valence electrons. The molecule has 13 nitrogen and oxygen atoms in total. The Hall–Kier alpha value is -4.75. The number of hydrogen-bond donors (Lipinski definition) is 5. The van der Waals surface area contributed by atoms with Crippen LogP contribution in [0.4, 0.5) is 16.6 Å². The number of fused-ring (bicyclic) bond motifs is 1. The lowest BCUT2D eigenvalue weighted by Gasteiger charge is -2.27. The first-order valence-electron chi connectivity index (χ1n) is 18.0. The number of alkyl carbamates (subject to hydrolysis) is 1. The third-order valence-electron chi connectivity index (χ3n) is 10.3. The van der Waals surface area contributed by atoms with Crippen LogP contribution in [0, 0.1) is 5.92 Å². The highest BCUT2D eigenvalue weighted by Crippen LogP contribution is 2.36. The van der Waals surface area contributed by atoms with Gasteiger partial charge in [0.25, 0.3) is 0 Å². The Morgan fingerprint density at radius 2 is 1.63 bits per heavy atom. The van der Waals surface area contributed by atoms with E-state index >= 15 is 0 Å². The van der Waals surface area contributed by atoms with Crippen LogP contribution in [0.15, 0.2) is 67.0 Å². The van der Waals surface area contributed by atoms with E-state index in [9.17, 15) is 19.8 Å². The molecule has 1 aliphatic heterocycles. The van der Waals surface area contributed by atoms with E-state index in [0.29, 0.717) is 55.4 Å². The van der Waals surface area contributed by atoms with Gasteiger partial charge in [0.1, 0.15) is 17.8 Å². The van der Waals surface area contributed by atoms with Crippen LogP contribution in [0.2, 0.25) is 0 Å². The molecule has 7 rings (SSSR count).